The predicted molar refractivity (Wildman–Crippen MR) is 172 cm³/mol. The lowest BCUT2D eigenvalue weighted by molar-refractivity contribution is -0.150. The monoisotopic (exact) mass is 556 g/mol. The van der Waals surface area contributed by atoms with E-state index in [-0.39, 0.29) is 18.5 Å². The predicted octanol–water partition coefficient (Wildman–Crippen LogP) is 11.0. The van der Waals surface area contributed by atoms with Gasteiger partial charge in [0, 0.05) is 12.8 Å². The highest BCUT2D eigenvalue weighted by molar-refractivity contribution is 5.69. The SMILES string of the molecule is CC/C=C\C/C=C\C/C=C\C/C=C\C/C=C\CCCCCC(=O)OC(CCCCC)CCCCCCCC(=O)O. The van der Waals surface area contributed by atoms with Crippen molar-refractivity contribution in [3.05, 3.63) is 60.8 Å². The van der Waals surface area contributed by atoms with Gasteiger partial charge in [-0.25, -0.2) is 0 Å². The molecule has 0 rings (SSSR count). The molecule has 0 amide bonds. The van der Waals surface area contributed by atoms with E-state index in [0.717, 1.165) is 109 Å². The molecular weight excluding hydrogens is 496 g/mol. The Balaban J connectivity index is 3.86. The Bertz CT molecular complexity index is 729. The molecule has 0 aliphatic carbocycles. The Labute approximate surface area is 246 Å². The Kier molecular flexibility index (Phi) is 29.3. The number of aliphatic carboxylic acids is 1. The van der Waals surface area contributed by atoms with Gasteiger partial charge in [0.25, 0.3) is 0 Å². The molecule has 0 aliphatic rings. The summed E-state index contributed by atoms with van der Waals surface area (Å²) in [5.74, 6) is -0.755. The molecule has 0 fully saturated rings. The molecule has 0 radical (unpaired) electrons. The van der Waals surface area contributed by atoms with Crippen LogP contribution in [0.15, 0.2) is 60.8 Å². The molecule has 0 saturated carbocycles. The molecule has 0 bridgehead atoms. The van der Waals surface area contributed by atoms with E-state index in [0.29, 0.717) is 6.42 Å². The highest BCUT2D eigenvalue weighted by Crippen LogP contribution is 2.17. The van der Waals surface area contributed by atoms with Crippen molar-refractivity contribution in [1.82, 2.24) is 0 Å². The Morgan fingerprint density at radius 3 is 1.62 bits per heavy atom. The maximum atomic E-state index is 12.4. The van der Waals surface area contributed by atoms with Gasteiger partial charge in [0.15, 0.2) is 0 Å². The second-order valence-corrected chi connectivity index (χ2v) is 10.6. The van der Waals surface area contributed by atoms with Crippen LogP contribution in [-0.4, -0.2) is 23.1 Å². The molecule has 40 heavy (non-hydrogen) atoms. The summed E-state index contributed by atoms with van der Waals surface area (Å²) < 4.78 is 5.84. The van der Waals surface area contributed by atoms with Crippen molar-refractivity contribution in [2.24, 2.45) is 0 Å². The smallest absolute Gasteiger partial charge is 0.306 e. The van der Waals surface area contributed by atoms with E-state index < -0.39 is 5.97 Å². The summed E-state index contributed by atoms with van der Waals surface area (Å²) in [6.07, 6.45) is 42.5. The van der Waals surface area contributed by atoms with E-state index in [9.17, 15) is 9.59 Å². The molecule has 1 N–H and O–H groups in total. The van der Waals surface area contributed by atoms with Crippen molar-refractivity contribution >= 4 is 11.9 Å². The average molecular weight is 557 g/mol. The second kappa shape index (κ2) is 31.2. The summed E-state index contributed by atoms with van der Waals surface area (Å²) in [4.78, 5) is 23.0. The lowest BCUT2D eigenvalue weighted by Gasteiger charge is -2.18. The fraction of sp³-hybridized carbons (Fsp3) is 0.667. The van der Waals surface area contributed by atoms with Crippen molar-refractivity contribution in [3.63, 3.8) is 0 Å². The van der Waals surface area contributed by atoms with Crippen LogP contribution in [0, 0.1) is 0 Å². The van der Waals surface area contributed by atoms with Crippen molar-refractivity contribution in [3.8, 4) is 0 Å². The molecule has 0 aromatic rings. The molecular formula is C36H60O4. The summed E-state index contributed by atoms with van der Waals surface area (Å²) in [7, 11) is 0. The molecule has 1 atom stereocenters. The topological polar surface area (TPSA) is 63.6 Å². The Morgan fingerprint density at radius 1 is 0.575 bits per heavy atom. The number of carbonyl (C=O) groups excluding carboxylic acids is 1. The van der Waals surface area contributed by atoms with Gasteiger partial charge in [0.1, 0.15) is 6.10 Å². The van der Waals surface area contributed by atoms with Crippen LogP contribution in [0.4, 0.5) is 0 Å². The minimum absolute atomic E-state index is 0.0411. The highest BCUT2D eigenvalue weighted by atomic mass is 16.5. The number of carboxylic acid groups (broad SMARTS) is 1. The van der Waals surface area contributed by atoms with Crippen LogP contribution in [0.3, 0.4) is 0 Å². The van der Waals surface area contributed by atoms with Gasteiger partial charge in [-0.3, -0.25) is 9.59 Å². The third-order valence-electron chi connectivity index (χ3n) is 6.75. The summed E-state index contributed by atoms with van der Waals surface area (Å²) in [6, 6.07) is 0. The summed E-state index contributed by atoms with van der Waals surface area (Å²) in [5, 5.41) is 8.72. The molecule has 0 aromatic heterocycles. The van der Waals surface area contributed by atoms with Crippen LogP contribution in [0.2, 0.25) is 0 Å². The number of hydrogen-bond acceptors (Lipinski definition) is 3. The van der Waals surface area contributed by atoms with Crippen LogP contribution in [-0.2, 0) is 14.3 Å². The maximum Gasteiger partial charge on any atom is 0.306 e. The summed E-state index contributed by atoms with van der Waals surface area (Å²) >= 11 is 0. The van der Waals surface area contributed by atoms with Crippen LogP contribution >= 0.6 is 0 Å². The van der Waals surface area contributed by atoms with Gasteiger partial charge in [0.2, 0.25) is 0 Å². The highest BCUT2D eigenvalue weighted by Gasteiger charge is 2.14. The number of unbranched alkanes of at least 4 members (excludes halogenated alkanes) is 9. The van der Waals surface area contributed by atoms with E-state index in [4.69, 9.17) is 9.84 Å². The zero-order valence-electron chi connectivity index (χ0n) is 25.9. The first-order chi connectivity index (χ1) is 19.6. The largest absolute Gasteiger partial charge is 0.481 e. The van der Waals surface area contributed by atoms with Crippen LogP contribution in [0.1, 0.15) is 149 Å². The molecule has 0 aliphatic heterocycles. The minimum atomic E-state index is -0.711. The molecule has 0 aromatic carbocycles. The van der Waals surface area contributed by atoms with Gasteiger partial charge in [-0.15, -0.1) is 0 Å². The zero-order chi connectivity index (χ0) is 29.4. The van der Waals surface area contributed by atoms with Crippen molar-refractivity contribution < 1.29 is 19.4 Å². The summed E-state index contributed by atoms with van der Waals surface area (Å²) in [6.45, 7) is 4.35. The third-order valence-corrected chi connectivity index (χ3v) is 6.75. The number of carbonyl (C=O) groups is 2. The molecule has 228 valence electrons. The minimum Gasteiger partial charge on any atom is -0.481 e. The average Bonchev–Trinajstić information content (AvgIpc) is 2.93. The molecule has 4 heteroatoms. The lowest BCUT2D eigenvalue weighted by Crippen LogP contribution is -2.18. The number of rotatable bonds is 28. The Hall–Kier alpha value is -2.36. The van der Waals surface area contributed by atoms with Gasteiger partial charge in [-0.2, -0.15) is 0 Å². The Morgan fingerprint density at radius 2 is 1.05 bits per heavy atom. The first kappa shape index (κ1) is 37.6. The normalized spacial score (nSPS) is 13.1. The first-order valence-corrected chi connectivity index (χ1v) is 16.3. The van der Waals surface area contributed by atoms with E-state index in [1.54, 1.807) is 0 Å². The number of hydrogen-bond donors (Lipinski definition) is 1. The number of allylic oxidation sites excluding steroid dienone is 10. The van der Waals surface area contributed by atoms with Crippen LogP contribution < -0.4 is 0 Å². The standard InChI is InChI=1S/C36H60O4/c1-3-5-7-8-9-10-11-12-13-14-15-16-17-18-19-20-21-25-29-33-36(39)40-34(30-26-6-4-2)31-27-23-22-24-28-32-35(37)38/h5,7,9-10,12-13,15-16,18-19,34H,3-4,6,8,11,14,17,20-33H2,1-2H3,(H,37,38)/b7-5-,10-9-,13-12-,16-15-,19-18-. The molecule has 0 saturated heterocycles. The van der Waals surface area contributed by atoms with E-state index in [1.807, 2.05) is 0 Å². The number of carboxylic acids is 1. The molecule has 0 heterocycles. The van der Waals surface area contributed by atoms with Gasteiger partial charge in [-0.1, -0.05) is 113 Å². The van der Waals surface area contributed by atoms with Crippen molar-refractivity contribution in [1.29, 1.82) is 0 Å². The van der Waals surface area contributed by atoms with E-state index in [2.05, 4.69) is 74.6 Å². The fourth-order valence-corrected chi connectivity index (χ4v) is 4.38. The van der Waals surface area contributed by atoms with Crippen LogP contribution in [0.5, 0.6) is 0 Å². The van der Waals surface area contributed by atoms with Crippen molar-refractivity contribution in [2.75, 3.05) is 0 Å². The quantitative estimate of drug-likeness (QED) is 0.0591. The first-order valence-electron chi connectivity index (χ1n) is 16.3. The van der Waals surface area contributed by atoms with Gasteiger partial charge in [0.05, 0.1) is 0 Å². The fourth-order valence-electron chi connectivity index (χ4n) is 4.38. The number of ether oxygens (including phenoxy) is 1. The lowest BCUT2D eigenvalue weighted by atomic mass is 10.0. The van der Waals surface area contributed by atoms with Crippen LogP contribution in [0.25, 0.3) is 0 Å². The molecule has 4 nitrogen and oxygen atoms in total. The van der Waals surface area contributed by atoms with Gasteiger partial charge < -0.3 is 9.84 Å². The van der Waals surface area contributed by atoms with E-state index in [1.165, 1.54) is 12.8 Å². The number of esters is 1. The van der Waals surface area contributed by atoms with Gasteiger partial charge in [-0.05, 0) is 83.5 Å². The second-order valence-electron chi connectivity index (χ2n) is 10.6. The maximum absolute atomic E-state index is 12.4. The third kappa shape index (κ3) is 30.2. The molecule has 0 spiro atoms. The van der Waals surface area contributed by atoms with Gasteiger partial charge >= 0.3 is 11.9 Å². The van der Waals surface area contributed by atoms with Crippen molar-refractivity contribution in [2.45, 2.75) is 155 Å². The zero-order valence-corrected chi connectivity index (χ0v) is 25.9. The van der Waals surface area contributed by atoms with E-state index >= 15 is 0 Å². The molecule has 1 unspecified atom stereocenters. The summed E-state index contributed by atoms with van der Waals surface area (Å²) in [5.41, 5.74) is 0.